The maximum Gasteiger partial charge on any atom is 0.123 e. The minimum absolute atomic E-state index is 0.170. The molecule has 2 saturated carbocycles. The minimum Gasteiger partial charge on any atom is -0.378 e. The summed E-state index contributed by atoms with van der Waals surface area (Å²) in [5.74, 6) is -0.170. The third-order valence-electron chi connectivity index (χ3n) is 5.26. The highest BCUT2D eigenvalue weighted by Gasteiger charge is 2.58. The fourth-order valence-electron chi connectivity index (χ4n) is 3.82. The number of nitrogens with one attached hydrogen (secondary N) is 1. The number of halogens is 1. The molecule has 1 N–H and O–H groups in total. The summed E-state index contributed by atoms with van der Waals surface area (Å²) in [6.07, 6.45) is 5.45. The van der Waals surface area contributed by atoms with E-state index >= 15 is 0 Å². The normalized spacial score (nSPS) is 28.8. The molecule has 3 atom stereocenters. The van der Waals surface area contributed by atoms with Crippen LogP contribution in [-0.2, 0) is 4.74 Å². The summed E-state index contributed by atoms with van der Waals surface area (Å²) >= 11 is 0. The van der Waals surface area contributed by atoms with Crippen LogP contribution >= 0.6 is 0 Å². The Balaban J connectivity index is 1.62. The topological polar surface area (TPSA) is 21.3 Å². The lowest BCUT2D eigenvalue weighted by molar-refractivity contribution is -0.174. The molecule has 0 radical (unpaired) electrons. The summed E-state index contributed by atoms with van der Waals surface area (Å²) < 4.78 is 18.9. The van der Waals surface area contributed by atoms with E-state index in [1.165, 1.54) is 31.4 Å². The van der Waals surface area contributed by atoms with Crippen molar-refractivity contribution < 1.29 is 9.13 Å². The highest BCUT2D eigenvalue weighted by atomic mass is 19.1. The first-order chi connectivity index (χ1) is 9.65. The summed E-state index contributed by atoms with van der Waals surface area (Å²) in [6, 6.07) is 7.64. The van der Waals surface area contributed by atoms with Crippen molar-refractivity contribution in [2.24, 2.45) is 5.41 Å². The molecule has 1 aromatic carbocycles. The first-order valence-corrected chi connectivity index (χ1v) is 7.79. The lowest BCUT2D eigenvalue weighted by Crippen LogP contribution is -2.67. The van der Waals surface area contributed by atoms with Crippen LogP contribution in [0.3, 0.4) is 0 Å². The van der Waals surface area contributed by atoms with Gasteiger partial charge in [0, 0.05) is 24.1 Å². The van der Waals surface area contributed by atoms with Gasteiger partial charge in [0.05, 0.1) is 6.10 Å². The van der Waals surface area contributed by atoms with Gasteiger partial charge in [-0.3, -0.25) is 0 Å². The van der Waals surface area contributed by atoms with Gasteiger partial charge in [0.1, 0.15) is 5.82 Å². The SMILES string of the molecule is CCOC1CC(NC(C)c2ccc(F)cc2)C12CCC2. The molecule has 2 fully saturated rings. The van der Waals surface area contributed by atoms with E-state index < -0.39 is 0 Å². The van der Waals surface area contributed by atoms with Crippen LogP contribution in [0.4, 0.5) is 4.39 Å². The monoisotopic (exact) mass is 277 g/mol. The Kier molecular flexibility index (Phi) is 3.83. The Morgan fingerprint density at radius 2 is 2.05 bits per heavy atom. The molecule has 0 bridgehead atoms. The molecule has 3 heteroatoms. The molecule has 110 valence electrons. The van der Waals surface area contributed by atoms with E-state index in [2.05, 4.69) is 19.2 Å². The average molecular weight is 277 g/mol. The van der Waals surface area contributed by atoms with Crippen molar-refractivity contribution in [3.05, 3.63) is 35.6 Å². The maximum absolute atomic E-state index is 13.0. The van der Waals surface area contributed by atoms with Crippen LogP contribution in [0.1, 0.15) is 51.1 Å². The Labute approximate surface area is 120 Å². The van der Waals surface area contributed by atoms with Crippen molar-refractivity contribution in [2.75, 3.05) is 6.61 Å². The minimum atomic E-state index is -0.170. The van der Waals surface area contributed by atoms with Crippen molar-refractivity contribution in [2.45, 2.75) is 57.7 Å². The quantitative estimate of drug-likeness (QED) is 0.883. The average Bonchev–Trinajstić information content (AvgIpc) is 2.36. The van der Waals surface area contributed by atoms with Gasteiger partial charge in [-0.15, -0.1) is 0 Å². The third-order valence-corrected chi connectivity index (χ3v) is 5.26. The second-order valence-corrected chi connectivity index (χ2v) is 6.26. The van der Waals surface area contributed by atoms with Crippen molar-refractivity contribution in [3.8, 4) is 0 Å². The highest BCUT2D eigenvalue weighted by Crippen LogP contribution is 2.57. The zero-order valence-electron chi connectivity index (χ0n) is 12.4. The number of rotatable bonds is 5. The molecule has 0 amide bonds. The maximum atomic E-state index is 13.0. The summed E-state index contributed by atoms with van der Waals surface area (Å²) in [7, 11) is 0. The van der Waals surface area contributed by atoms with Crippen LogP contribution < -0.4 is 5.32 Å². The number of ether oxygens (including phenoxy) is 1. The second kappa shape index (κ2) is 5.45. The molecule has 0 saturated heterocycles. The van der Waals surface area contributed by atoms with Gasteiger partial charge < -0.3 is 10.1 Å². The summed E-state index contributed by atoms with van der Waals surface area (Å²) in [4.78, 5) is 0. The molecule has 2 aliphatic rings. The van der Waals surface area contributed by atoms with Crippen molar-refractivity contribution >= 4 is 0 Å². The summed E-state index contributed by atoms with van der Waals surface area (Å²) in [5, 5.41) is 3.73. The third kappa shape index (κ3) is 2.27. The zero-order chi connectivity index (χ0) is 14.2. The fraction of sp³-hybridized carbons (Fsp3) is 0.647. The van der Waals surface area contributed by atoms with Crippen LogP contribution in [0.15, 0.2) is 24.3 Å². The first kappa shape index (κ1) is 14.0. The predicted octanol–water partition coefficient (Wildman–Crippen LogP) is 3.82. The molecule has 3 unspecified atom stereocenters. The van der Waals surface area contributed by atoms with Crippen LogP contribution in [-0.4, -0.2) is 18.8 Å². The van der Waals surface area contributed by atoms with E-state index in [4.69, 9.17) is 4.74 Å². The molecule has 0 aromatic heterocycles. The highest BCUT2D eigenvalue weighted by molar-refractivity contribution is 5.21. The first-order valence-electron chi connectivity index (χ1n) is 7.79. The molecule has 0 aliphatic heterocycles. The van der Waals surface area contributed by atoms with Crippen LogP contribution in [0.2, 0.25) is 0 Å². The Morgan fingerprint density at radius 3 is 2.60 bits per heavy atom. The van der Waals surface area contributed by atoms with E-state index in [0.29, 0.717) is 17.6 Å². The molecule has 1 aromatic rings. The van der Waals surface area contributed by atoms with Gasteiger partial charge in [-0.1, -0.05) is 18.6 Å². The van der Waals surface area contributed by atoms with E-state index in [9.17, 15) is 4.39 Å². The van der Waals surface area contributed by atoms with Gasteiger partial charge in [-0.25, -0.2) is 4.39 Å². The van der Waals surface area contributed by atoms with Gasteiger partial charge >= 0.3 is 0 Å². The Morgan fingerprint density at radius 1 is 1.35 bits per heavy atom. The van der Waals surface area contributed by atoms with Gasteiger partial charge in [-0.2, -0.15) is 0 Å². The van der Waals surface area contributed by atoms with Crippen molar-refractivity contribution in [1.82, 2.24) is 5.32 Å². The van der Waals surface area contributed by atoms with Crippen LogP contribution in [0.5, 0.6) is 0 Å². The molecular weight excluding hydrogens is 253 g/mol. The standard InChI is InChI=1S/C17H24FNO/c1-3-20-16-11-15(17(16)9-4-10-17)19-12(2)13-5-7-14(18)8-6-13/h5-8,12,15-16,19H,3-4,9-11H2,1-2H3. The van der Waals surface area contributed by atoms with Crippen molar-refractivity contribution in [3.63, 3.8) is 0 Å². The number of benzene rings is 1. The lowest BCUT2D eigenvalue weighted by Gasteiger charge is -2.61. The molecular formula is C17H24FNO. The molecule has 0 heterocycles. The second-order valence-electron chi connectivity index (χ2n) is 6.26. The van der Waals surface area contributed by atoms with E-state index in [1.807, 2.05) is 12.1 Å². The molecule has 3 rings (SSSR count). The predicted molar refractivity (Wildman–Crippen MR) is 78.1 cm³/mol. The Hall–Kier alpha value is -0.930. The summed E-state index contributed by atoms with van der Waals surface area (Å²) in [5.41, 5.74) is 1.53. The molecule has 2 nitrogen and oxygen atoms in total. The van der Waals surface area contributed by atoms with E-state index in [0.717, 1.165) is 18.6 Å². The lowest BCUT2D eigenvalue weighted by atomic mass is 9.51. The molecule has 2 aliphatic carbocycles. The van der Waals surface area contributed by atoms with Gasteiger partial charge in [0.25, 0.3) is 0 Å². The van der Waals surface area contributed by atoms with Gasteiger partial charge in [0.15, 0.2) is 0 Å². The van der Waals surface area contributed by atoms with Gasteiger partial charge in [0.2, 0.25) is 0 Å². The largest absolute Gasteiger partial charge is 0.378 e. The number of hydrogen-bond donors (Lipinski definition) is 1. The fourth-order valence-corrected chi connectivity index (χ4v) is 3.82. The van der Waals surface area contributed by atoms with Crippen LogP contribution in [0.25, 0.3) is 0 Å². The number of hydrogen-bond acceptors (Lipinski definition) is 2. The Bertz CT molecular complexity index is 455. The smallest absolute Gasteiger partial charge is 0.123 e. The van der Waals surface area contributed by atoms with Crippen molar-refractivity contribution in [1.29, 1.82) is 0 Å². The van der Waals surface area contributed by atoms with Crippen LogP contribution in [0, 0.1) is 11.2 Å². The molecule has 20 heavy (non-hydrogen) atoms. The zero-order valence-corrected chi connectivity index (χ0v) is 12.4. The van der Waals surface area contributed by atoms with Gasteiger partial charge in [-0.05, 0) is 50.8 Å². The van der Waals surface area contributed by atoms with E-state index in [-0.39, 0.29) is 11.9 Å². The summed E-state index contributed by atoms with van der Waals surface area (Å²) in [6.45, 7) is 5.05. The van der Waals surface area contributed by atoms with E-state index in [1.54, 1.807) is 0 Å². The molecule has 1 spiro atoms.